The third-order valence-electron chi connectivity index (χ3n) is 6.56. The molecule has 2 aliphatic rings. The van der Waals surface area contributed by atoms with Crippen molar-refractivity contribution in [2.45, 2.75) is 59.4 Å². The Balaban J connectivity index is 1.64. The summed E-state index contributed by atoms with van der Waals surface area (Å²) in [5.41, 5.74) is 1.78. The molecular weight excluding hydrogens is 354 g/mol. The van der Waals surface area contributed by atoms with Crippen LogP contribution in [0.4, 0.5) is 0 Å². The fourth-order valence-corrected chi connectivity index (χ4v) is 5.71. The first-order valence-electron chi connectivity index (χ1n) is 10.0. The molecule has 1 aromatic heterocycles. The molecule has 28 heavy (non-hydrogen) atoms. The third kappa shape index (κ3) is 3.21. The number of nitrogens with zero attached hydrogens (tertiary/aromatic N) is 1. The van der Waals surface area contributed by atoms with Gasteiger partial charge in [0.25, 0.3) is 0 Å². The minimum atomic E-state index is -0.430. The topological polar surface area (TPSA) is 59.8 Å². The summed E-state index contributed by atoms with van der Waals surface area (Å²) in [6.07, 6.45) is 3.33. The summed E-state index contributed by atoms with van der Waals surface area (Å²) in [5.74, 6) is 0.675. The third-order valence-corrected chi connectivity index (χ3v) is 6.56. The van der Waals surface area contributed by atoms with Gasteiger partial charge in [-0.05, 0) is 54.7 Å². The van der Waals surface area contributed by atoms with Gasteiger partial charge in [0.05, 0.1) is 19.1 Å². The van der Waals surface area contributed by atoms with Crippen LogP contribution < -0.4 is 10.4 Å². The van der Waals surface area contributed by atoms with Crippen molar-refractivity contribution < 1.29 is 13.9 Å². The maximum absolute atomic E-state index is 13.2. The fourth-order valence-electron chi connectivity index (χ4n) is 5.71. The Morgan fingerprint density at radius 2 is 2.04 bits per heavy atom. The SMILES string of the molecule is COc1ccc2c(C)c(CC(=O)N3C[C@@]4(C)C[C@@H]3CC(C)(C)C4)c(=O)oc2c1. The first-order chi connectivity index (χ1) is 13.1. The van der Waals surface area contributed by atoms with E-state index in [1.165, 1.54) is 0 Å². The summed E-state index contributed by atoms with van der Waals surface area (Å²) < 4.78 is 10.7. The van der Waals surface area contributed by atoms with Gasteiger partial charge in [-0.1, -0.05) is 20.8 Å². The largest absolute Gasteiger partial charge is 0.497 e. The van der Waals surface area contributed by atoms with E-state index in [0.29, 0.717) is 16.9 Å². The second-order valence-electron chi connectivity index (χ2n) is 9.77. The van der Waals surface area contributed by atoms with Crippen molar-refractivity contribution in [3.63, 3.8) is 0 Å². The lowest BCUT2D eigenvalue weighted by atomic mass is 9.65. The molecule has 1 saturated heterocycles. The molecule has 0 radical (unpaired) electrons. The van der Waals surface area contributed by atoms with E-state index >= 15 is 0 Å². The Bertz CT molecular complexity index is 1010. The van der Waals surface area contributed by atoms with Gasteiger partial charge in [-0.3, -0.25) is 4.79 Å². The van der Waals surface area contributed by atoms with Gasteiger partial charge in [0.15, 0.2) is 0 Å². The molecule has 5 heteroatoms. The van der Waals surface area contributed by atoms with E-state index in [9.17, 15) is 9.59 Å². The maximum atomic E-state index is 13.2. The summed E-state index contributed by atoms with van der Waals surface area (Å²) in [7, 11) is 1.58. The van der Waals surface area contributed by atoms with Crippen LogP contribution in [0.15, 0.2) is 27.4 Å². The molecule has 1 aliphatic carbocycles. The van der Waals surface area contributed by atoms with Crippen molar-refractivity contribution >= 4 is 16.9 Å². The molecule has 2 heterocycles. The number of hydrogen-bond acceptors (Lipinski definition) is 4. The zero-order valence-corrected chi connectivity index (χ0v) is 17.4. The Kier molecular flexibility index (Phi) is 4.32. The van der Waals surface area contributed by atoms with Crippen LogP contribution in [0, 0.1) is 17.8 Å². The smallest absolute Gasteiger partial charge is 0.340 e. The van der Waals surface area contributed by atoms with Crippen LogP contribution in [0.2, 0.25) is 0 Å². The number of methoxy groups -OCH3 is 1. The molecule has 1 amide bonds. The molecule has 1 aliphatic heterocycles. The van der Waals surface area contributed by atoms with E-state index in [0.717, 1.165) is 36.8 Å². The van der Waals surface area contributed by atoms with Gasteiger partial charge in [0.1, 0.15) is 11.3 Å². The number of rotatable bonds is 3. The maximum Gasteiger partial charge on any atom is 0.340 e. The first-order valence-corrected chi connectivity index (χ1v) is 10.0. The Hall–Kier alpha value is -2.30. The molecule has 1 aromatic carbocycles. The van der Waals surface area contributed by atoms with Crippen molar-refractivity contribution in [3.05, 3.63) is 39.7 Å². The lowest BCUT2D eigenvalue weighted by Gasteiger charge is -2.39. The van der Waals surface area contributed by atoms with Crippen LogP contribution in [0.3, 0.4) is 0 Å². The highest BCUT2D eigenvalue weighted by Gasteiger charge is 2.50. The predicted octanol–water partition coefficient (Wildman–Crippen LogP) is 4.08. The summed E-state index contributed by atoms with van der Waals surface area (Å²) in [6.45, 7) is 9.55. The molecule has 1 saturated carbocycles. The zero-order chi connectivity index (χ0) is 20.3. The molecular formula is C23H29NO4. The second kappa shape index (κ2) is 6.36. The number of carbonyl (C=O) groups excluding carboxylic acids is 1. The van der Waals surface area contributed by atoms with E-state index in [2.05, 4.69) is 20.8 Å². The summed E-state index contributed by atoms with van der Waals surface area (Å²) in [4.78, 5) is 27.8. The van der Waals surface area contributed by atoms with Crippen molar-refractivity contribution in [3.8, 4) is 5.75 Å². The van der Waals surface area contributed by atoms with E-state index in [4.69, 9.17) is 9.15 Å². The van der Waals surface area contributed by atoms with E-state index in [1.54, 1.807) is 13.2 Å². The van der Waals surface area contributed by atoms with Crippen LogP contribution >= 0.6 is 0 Å². The highest BCUT2D eigenvalue weighted by Crippen LogP contribution is 2.52. The number of aryl methyl sites for hydroxylation is 1. The zero-order valence-electron chi connectivity index (χ0n) is 17.4. The number of ether oxygens (including phenoxy) is 1. The Morgan fingerprint density at radius 1 is 1.29 bits per heavy atom. The van der Waals surface area contributed by atoms with Gasteiger partial charge >= 0.3 is 5.63 Å². The van der Waals surface area contributed by atoms with Crippen molar-refractivity contribution in [1.29, 1.82) is 0 Å². The molecule has 5 nitrogen and oxygen atoms in total. The Morgan fingerprint density at radius 3 is 2.75 bits per heavy atom. The van der Waals surface area contributed by atoms with E-state index in [-0.39, 0.29) is 29.2 Å². The van der Waals surface area contributed by atoms with E-state index < -0.39 is 5.63 Å². The van der Waals surface area contributed by atoms with Crippen LogP contribution in [0.5, 0.6) is 5.75 Å². The molecule has 2 fully saturated rings. The number of hydrogen-bond donors (Lipinski definition) is 0. The standard InChI is InChI=1S/C23H29NO4/c1-14-17-7-6-16(27-5)8-19(17)28-21(26)18(14)9-20(25)24-13-23(4)11-15(24)10-22(2,3)12-23/h6-8,15H,9-13H2,1-5H3/t15-,23-/m0/s1. The second-order valence-corrected chi connectivity index (χ2v) is 9.77. The number of amides is 1. The van der Waals surface area contributed by atoms with Crippen molar-refractivity contribution in [2.75, 3.05) is 13.7 Å². The van der Waals surface area contributed by atoms with E-state index in [1.807, 2.05) is 24.0 Å². The normalized spacial score (nSPS) is 25.9. The highest BCUT2D eigenvalue weighted by molar-refractivity contribution is 5.85. The fraction of sp³-hybridized carbons (Fsp3) is 0.565. The molecule has 150 valence electrons. The molecule has 2 aromatic rings. The first kappa shape index (κ1) is 19.0. The van der Waals surface area contributed by atoms with Gasteiger partial charge in [-0.15, -0.1) is 0 Å². The summed E-state index contributed by atoms with van der Waals surface area (Å²) in [5, 5.41) is 0.844. The molecule has 4 rings (SSSR count). The molecule has 0 N–H and O–H groups in total. The van der Waals surface area contributed by atoms with Gasteiger partial charge in [-0.2, -0.15) is 0 Å². The lowest BCUT2D eigenvalue weighted by Crippen LogP contribution is -2.39. The summed E-state index contributed by atoms with van der Waals surface area (Å²) in [6, 6.07) is 5.71. The van der Waals surface area contributed by atoms with Crippen molar-refractivity contribution in [1.82, 2.24) is 4.90 Å². The number of benzene rings is 1. The molecule has 0 unspecified atom stereocenters. The quantitative estimate of drug-likeness (QED) is 0.750. The highest BCUT2D eigenvalue weighted by atomic mass is 16.5. The van der Waals surface area contributed by atoms with Crippen LogP contribution in [0.25, 0.3) is 11.0 Å². The van der Waals surface area contributed by atoms with Gasteiger partial charge in [0, 0.05) is 24.0 Å². The number of fused-ring (bicyclic) bond motifs is 3. The Labute approximate surface area is 165 Å². The number of likely N-dealkylation sites (tertiary alicyclic amines) is 1. The molecule has 2 bridgehead atoms. The van der Waals surface area contributed by atoms with Crippen LogP contribution in [-0.4, -0.2) is 30.5 Å². The van der Waals surface area contributed by atoms with Crippen LogP contribution in [0.1, 0.15) is 51.2 Å². The predicted molar refractivity (Wildman–Crippen MR) is 109 cm³/mol. The minimum Gasteiger partial charge on any atom is -0.497 e. The average molecular weight is 383 g/mol. The van der Waals surface area contributed by atoms with Gasteiger partial charge in [-0.25, -0.2) is 4.79 Å². The van der Waals surface area contributed by atoms with Crippen molar-refractivity contribution in [2.24, 2.45) is 10.8 Å². The monoisotopic (exact) mass is 383 g/mol. The molecule has 0 spiro atoms. The minimum absolute atomic E-state index is 0.0367. The summed E-state index contributed by atoms with van der Waals surface area (Å²) >= 11 is 0. The number of carbonyl (C=O) groups is 1. The van der Waals surface area contributed by atoms with Gasteiger partial charge < -0.3 is 14.1 Å². The molecule has 2 atom stereocenters. The lowest BCUT2D eigenvalue weighted by molar-refractivity contribution is -0.131. The van der Waals surface area contributed by atoms with Crippen LogP contribution in [-0.2, 0) is 11.2 Å². The van der Waals surface area contributed by atoms with Gasteiger partial charge in [0.2, 0.25) is 5.91 Å². The average Bonchev–Trinajstić information content (AvgIpc) is 2.86.